The minimum atomic E-state index is -0.402. The van der Waals surface area contributed by atoms with E-state index in [1.54, 1.807) is 80.8 Å². The van der Waals surface area contributed by atoms with Crippen molar-refractivity contribution in [1.29, 1.82) is 0 Å². The Bertz CT molecular complexity index is 1050. The number of ether oxygens (including phenoxy) is 3. The van der Waals surface area contributed by atoms with Gasteiger partial charge in [0.25, 0.3) is 5.91 Å². The lowest BCUT2D eigenvalue weighted by atomic mass is 10.1. The summed E-state index contributed by atoms with van der Waals surface area (Å²) >= 11 is 5.89. The molecule has 0 aliphatic rings. The van der Waals surface area contributed by atoms with Crippen LogP contribution in [0.3, 0.4) is 0 Å². The number of anilines is 1. The number of amides is 1. The maximum Gasteiger partial charge on any atom is 0.338 e. The van der Waals surface area contributed by atoms with Crippen LogP contribution in [0.2, 0.25) is 5.02 Å². The average Bonchev–Trinajstić information content (AvgIpc) is 2.79. The van der Waals surface area contributed by atoms with Crippen LogP contribution in [0, 0.1) is 0 Å². The van der Waals surface area contributed by atoms with Crippen LogP contribution in [-0.2, 0) is 11.3 Å². The molecule has 0 aromatic heterocycles. The Labute approximate surface area is 185 Å². The second-order valence-electron chi connectivity index (χ2n) is 6.52. The lowest BCUT2D eigenvalue weighted by molar-refractivity contribution is 0.0526. The molecule has 0 aliphatic carbocycles. The molecule has 7 heteroatoms. The number of halogens is 1. The molecule has 3 aromatic rings. The highest BCUT2D eigenvalue weighted by Gasteiger charge is 2.12. The van der Waals surface area contributed by atoms with Crippen LogP contribution in [0.5, 0.6) is 11.5 Å². The Morgan fingerprint density at radius 2 is 1.61 bits per heavy atom. The van der Waals surface area contributed by atoms with Crippen molar-refractivity contribution < 1.29 is 23.8 Å². The van der Waals surface area contributed by atoms with Gasteiger partial charge in [-0.15, -0.1) is 0 Å². The minimum absolute atomic E-state index is 0.222. The smallest absolute Gasteiger partial charge is 0.338 e. The zero-order chi connectivity index (χ0) is 22.2. The molecule has 160 valence electrons. The van der Waals surface area contributed by atoms with Crippen LogP contribution >= 0.6 is 11.6 Å². The molecule has 0 heterocycles. The van der Waals surface area contributed by atoms with Crippen molar-refractivity contribution in [2.24, 2.45) is 0 Å². The van der Waals surface area contributed by atoms with Gasteiger partial charge < -0.3 is 19.5 Å². The fraction of sp³-hybridized carbons (Fsp3) is 0.167. The van der Waals surface area contributed by atoms with Gasteiger partial charge in [0.1, 0.15) is 18.1 Å². The van der Waals surface area contributed by atoms with Crippen molar-refractivity contribution in [3.8, 4) is 11.5 Å². The van der Waals surface area contributed by atoms with Gasteiger partial charge in [0, 0.05) is 21.8 Å². The SMILES string of the molecule is CCOC(=O)c1ccc(NC(=O)c2ccc(OC)c(COc3ccc(Cl)cc3)c2)cc1. The van der Waals surface area contributed by atoms with Crippen LogP contribution in [0.4, 0.5) is 5.69 Å². The summed E-state index contributed by atoms with van der Waals surface area (Å²) in [6, 6.07) is 18.6. The third kappa shape index (κ3) is 5.99. The Kier molecular flexibility index (Phi) is 7.51. The van der Waals surface area contributed by atoms with E-state index in [2.05, 4.69) is 5.32 Å². The number of nitrogens with one attached hydrogen (secondary N) is 1. The standard InChI is InChI=1S/C24H22ClNO5/c1-3-30-24(28)16-4-9-20(10-5-16)26-23(27)17-6-13-22(29-2)18(14-17)15-31-21-11-7-19(25)8-12-21/h4-14H,3,15H2,1-2H3,(H,26,27). The van der Waals surface area contributed by atoms with E-state index in [4.69, 9.17) is 25.8 Å². The molecular weight excluding hydrogens is 418 g/mol. The quantitative estimate of drug-likeness (QED) is 0.478. The molecule has 1 amide bonds. The van der Waals surface area contributed by atoms with E-state index in [9.17, 15) is 9.59 Å². The van der Waals surface area contributed by atoms with Gasteiger partial charge in [0.15, 0.2) is 0 Å². The number of carbonyl (C=O) groups excluding carboxylic acids is 2. The predicted octanol–water partition coefficient (Wildman–Crippen LogP) is 5.36. The van der Waals surface area contributed by atoms with Gasteiger partial charge in [-0.1, -0.05) is 11.6 Å². The summed E-state index contributed by atoms with van der Waals surface area (Å²) in [6.07, 6.45) is 0. The average molecular weight is 440 g/mol. The van der Waals surface area contributed by atoms with Gasteiger partial charge in [-0.25, -0.2) is 4.79 Å². The number of esters is 1. The zero-order valence-electron chi connectivity index (χ0n) is 17.2. The maximum absolute atomic E-state index is 12.7. The largest absolute Gasteiger partial charge is 0.496 e. The van der Waals surface area contributed by atoms with Gasteiger partial charge in [-0.3, -0.25) is 4.79 Å². The van der Waals surface area contributed by atoms with Gasteiger partial charge in [-0.05, 0) is 73.7 Å². The molecule has 0 bridgehead atoms. The van der Waals surface area contributed by atoms with E-state index < -0.39 is 5.97 Å². The highest BCUT2D eigenvalue weighted by atomic mass is 35.5. The molecule has 0 spiro atoms. The number of rotatable bonds is 8. The summed E-state index contributed by atoms with van der Waals surface area (Å²) in [5, 5.41) is 3.44. The van der Waals surface area contributed by atoms with Crippen LogP contribution in [0.1, 0.15) is 33.2 Å². The third-order valence-corrected chi connectivity index (χ3v) is 4.66. The van der Waals surface area contributed by atoms with Crippen molar-refractivity contribution >= 4 is 29.2 Å². The first kappa shape index (κ1) is 22.2. The monoisotopic (exact) mass is 439 g/mol. The Hall–Kier alpha value is -3.51. The molecule has 3 rings (SSSR count). The molecule has 0 aliphatic heterocycles. The second-order valence-corrected chi connectivity index (χ2v) is 6.96. The number of methoxy groups -OCH3 is 1. The molecule has 0 fully saturated rings. The highest BCUT2D eigenvalue weighted by Crippen LogP contribution is 2.24. The number of benzene rings is 3. The highest BCUT2D eigenvalue weighted by molar-refractivity contribution is 6.30. The Balaban J connectivity index is 1.70. The van der Waals surface area contributed by atoms with Gasteiger partial charge >= 0.3 is 5.97 Å². The lowest BCUT2D eigenvalue weighted by Gasteiger charge is -2.13. The molecule has 0 unspecified atom stereocenters. The molecule has 0 saturated heterocycles. The first-order chi connectivity index (χ1) is 15.0. The van der Waals surface area contributed by atoms with Crippen molar-refractivity contribution in [3.05, 3.63) is 88.4 Å². The van der Waals surface area contributed by atoms with E-state index in [0.717, 1.165) is 5.56 Å². The maximum atomic E-state index is 12.7. The predicted molar refractivity (Wildman–Crippen MR) is 119 cm³/mol. The summed E-state index contributed by atoms with van der Waals surface area (Å²) in [5.74, 6) is 0.576. The van der Waals surface area contributed by atoms with Crippen molar-refractivity contribution in [1.82, 2.24) is 0 Å². The van der Waals surface area contributed by atoms with E-state index in [1.165, 1.54) is 0 Å². The fourth-order valence-corrected chi connectivity index (χ4v) is 2.96. The summed E-state index contributed by atoms with van der Waals surface area (Å²) in [5.41, 5.74) is 2.16. The molecule has 31 heavy (non-hydrogen) atoms. The molecule has 0 saturated carbocycles. The van der Waals surface area contributed by atoms with E-state index in [0.29, 0.717) is 39.9 Å². The molecule has 0 atom stereocenters. The van der Waals surface area contributed by atoms with E-state index in [-0.39, 0.29) is 12.5 Å². The summed E-state index contributed by atoms with van der Waals surface area (Å²) < 4.78 is 16.1. The van der Waals surface area contributed by atoms with Gasteiger partial charge in [-0.2, -0.15) is 0 Å². The Morgan fingerprint density at radius 3 is 2.26 bits per heavy atom. The molecule has 6 nitrogen and oxygen atoms in total. The lowest BCUT2D eigenvalue weighted by Crippen LogP contribution is -2.13. The number of hydrogen-bond acceptors (Lipinski definition) is 5. The fourth-order valence-electron chi connectivity index (χ4n) is 2.83. The van der Waals surface area contributed by atoms with Crippen LogP contribution < -0.4 is 14.8 Å². The number of hydrogen-bond donors (Lipinski definition) is 1. The van der Waals surface area contributed by atoms with Crippen LogP contribution in [-0.4, -0.2) is 25.6 Å². The zero-order valence-corrected chi connectivity index (χ0v) is 17.9. The van der Waals surface area contributed by atoms with Crippen molar-refractivity contribution in [2.45, 2.75) is 13.5 Å². The molecular formula is C24H22ClNO5. The van der Waals surface area contributed by atoms with Crippen molar-refractivity contribution in [3.63, 3.8) is 0 Å². The van der Waals surface area contributed by atoms with Gasteiger partial charge in [0.05, 0.1) is 19.3 Å². The summed E-state index contributed by atoms with van der Waals surface area (Å²) in [6.45, 7) is 2.27. The minimum Gasteiger partial charge on any atom is -0.496 e. The first-order valence-electron chi connectivity index (χ1n) is 9.64. The molecule has 3 aromatic carbocycles. The molecule has 1 N–H and O–H groups in total. The second kappa shape index (κ2) is 10.5. The van der Waals surface area contributed by atoms with Crippen LogP contribution in [0.15, 0.2) is 66.7 Å². The van der Waals surface area contributed by atoms with E-state index in [1.807, 2.05) is 0 Å². The summed E-state index contributed by atoms with van der Waals surface area (Å²) in [4.78, 5) is 24.4. The van der Waals surface area contributed by atoms with Gasteiger partial charge in [0.2, 0.25) is 0 Å². The topological polar surface area (TPSA) is 73.9 Å². The first-order valence-corrected chi connectivity index (χ1v) is 10.0. The van der Waals surface area contributed by atoms with E-state index >= 15 is 0 Å². The third-order valence-electron chi connectivity index (χ3n) is 4.40. The number of carbonyl (C=O) groups is 2. The van der Waals surface area contributed by atoms with Crippen molar-refractivity contribution in [2.75, 3.05) is 19.0 Å². The summed E-state index contributed by atoms with van der Waals surface area (Å²) in [7, 11) is 1.56. The molecule has 0 radical (unpaired) electrons. The Morgan fingerprint density at radius 1 is 0.935 bits per heavy atom. The normalized spacial score (nSPS) is 10.3. The van der Waals surface area contributed by atoms with Crippen LogP contribution in [0.25, 0.3) is 0 Å².